The minimum atomic E-state index is -1.85. The van der Waals surface area contributed by atoms with Crippen molar-refractivity contribution in [3.8, 4) is 0 Å². The highest BCUT2D eigenvalue weighted by molar-refractivity contribution is 5.88. The van der Waals surface area contributed by atoms with Crippen molar-refractivity contribution in [2.45, 2.75) is 185 Å². The van der Waals surface area contributed by atoms with Crippen LogP contribution in [0.3, 0.4) is 0 Å². The van der Waals surface area contributed by atoms with Crippen LogP contribution in [-0.4, -0.2) is 165 Å². The molecule has 70 heavy (non-hydrogen) atoms. The average molecular weight is 982 g/mol. The van der Waals surface area contributed by atoms with Crippen molar-refractivity contribution in [3.05, 3.63) is 70.9 Å². The van der Waals surface area contributed by atoms with E-state index in [2.05, 4.69) is 39.8 Å². The Balaban J connectivity index is 1.03. The number of morpholine rings is 1. The topological polar surface area (TPSA) is 179 Å². The molecule has 16 nitrogen and oxygen atoms in total. The van der Waals surface area contributed by atoms with Gasteiger partial charge in [0.15, 0.2) is 18.4 Å². The number of nitrogens with zero attached hydrogens (tertiary/aromatic N) is 1. The fraction of sp³-hybridized carbons (Fsp3) is 0.741. The Hall–Kier alpha value is -3.10. The highest BCUT2D eigenvalue weighted by Crippen LogP contribution is 2.47. The molecule has 7 heterocycles. The molecule has 0 aromatic rings. The van der Waals surface area contributed by atoms with E-state index < -0.39 is 90.8 Å². The van der Waals surface area contributed by atoms with Crippen LogP contribution in [0.25, 0.3) is 0 Å². The van der Waals surface area contributed by atoms with Crippen LogP contribution in [0.15, 0.2) is 70.9 Å². The monoisotopic (exact) mass is 982 g/mol. The SMILES string of the molecule is CCC(C)C1OC2(C=CC1C)CC1CC(C/C=C(\C)C(OC3CC(OC)C(OC4CC(OC)/C(=C/C(=O)N5CCOCC5)C(C)O4)C(C)O3)C(C)/C=C/C=C3\COC4C(O)C(C)=CC(C(=O)O1)C34O)O2. The van der Waals surface area contributed by atoms with Gasteiger partial charge >= 0.3 is 5.97 Å². The van der Waals surface area contributed by atoms with E-state index in [9.17, 15) is 19.8 Å². The molecule has 390 valence electrons. The maximum atomic E-state index is 14.4. The molecule has 0 saturated carbocycles. The molecule has 7 aliphatic heterocycles. The van der Waals surface area contributed by atoms with Crippen LogP contribution < -0.4 is 0 Å². The maximum Gasteiger partial charge on any atom is 0.316 e. The third-order valence-electron chi connectivity index (χ3n) is 16.0. The van der Waals surface area contributed by atoms with Crippen molar-refractivity contribution in [2.24, 2.45) is 23.7 Å². The van der Waals surface area contributed by atoms with E-state index in [0.717, 1.165) is 17.6 Å². The Morgan fingerprint density at radius 1 is 0.957 bits per heavy atom. The molecule has 5 saturated heterocycles. The lowest BCUT2D eigenvalue weighted by atomic mass is 9.71. The second-order valence-electron chi connectivity index (χ2n) is 20.9. The van der Waals surface area contributed by atoms with Crippen LogP contribution in [-0.2, 0) is 61.7 Å². The number of rotatable bonds is 9. The van der Waals surface area contributed by atoms with Gasteiger partial charge in [-0.2, -0.15) is 0 Å². The number of fused-ring (bicyclic) bond motifs is 2. The van der Waals surface area contributed by atoms with Gasteiger partial charge in [0, 0.05) is 70.9 Å². The molecule has 8 rings (SSSR count). The third-order valence-corrected chi connectivity index (χ3v) is 16.0. The Morgan fingerprint density at radius 3 is 2.44 bits per heavy atom. The van der Waals surface area contributed by atoms with E-state index in [0.29, 0.717) is 63.1 Å². The van der Waals surface area contributed by atoms with Gasteiger partial charge in [0.05, 0.1) is 62.5 Å². The molecule has 1 spiro atoms. The number of carbonyl (C=O) groups excluding carboxylic acids is 2. The number of hydrogen-bond acceptors (Lipinski definition) is 15. The zero-order chi connectivity index (χ0) is 50.1. The Morgan fingerprint density at radius 2 is 1.71 bits per heavy atom. The van der Waals surface area contributed by atoms with Gasteiger partial charge in [0.25, 0.3) is 0 Å². The van der Waals surface area contributed by atoms with Gasteiger partial charge in [-0.25, -0.2) is 0 Å². The summed E-state index contributed by atoms with van der Waals surface area (Å²) in [6.07, 6.45) is 10.8. The fourth-order valence-corrected chi connectivity index (χ4v) is 11.7. The summed E-state index contributed by atoms with van der Waals surface area (Å²) in [6, 6.07) is 0. The first-order valence-corrected chi connectivity index (χ1v) is 25.7. The molecule has 2 N–H and O–H groups in total. The van der Waals surface area contributed by atoms with Gasteiger partial charge in [-0.1, -0.05) is 70.6 Å². The number of allylic oxidation sites excluding steroid dienone is 2. The third kappa shape index (κ3) is 11.2. The standard InChI is InChI=1S/C54H79NO15/c1-11-30(2)49-33(5)17-18-53(70-49)28-39-24-38(69-53)16-15-32(4)48(31(3)13-12-14-37-29-63-51-47(57)34(6)23-41(52(58)66-39)54(37,51)59)67-46-27-43(61-10)50(36(8)65-46)68-45-26-42(60-9)40(35(7)64-45)25-44(56)55-19-21-62-22-20-55/h12-15,17-18,23,25,30-31,33,35-36,38-39,41-43,45-51,57,59H,11,16,19-22,24,26-29H2,1-10H3/b13-12+,32-15+,37-14+,40-25+. The zero-order valence-corrected chi connectivity index (χ0v) is 42.9. The smallest absolute Gasteiger partial charge is 0.316 e. The average Bonchev–Trinajstić information content (AvgIpc) is 3.69. The minimum Gasteiger partial charge on any atom is -0.462 e. The summed E-state index contributed by atoms with van der Waals surface area (Å²) in [7, 11) is 3.29. The van der Waals surface area contributed by atoms with Crippen LogP contribution in [0.5, 0.6) is 0 Å². The van der Waals surface area contributed by atoms with Gasteiger partial charge < -0.3 is 67.2 Å². The second kappa shape index (κ2) is 22.6. The van der Waals surface area contributed by atoms with Gasteiger partial charge in [0.1, 0.15) is 35.9 Å². The lowest BCUT2D eigenvalue weighted by Crippen LogP contribution is -2.58. The number of esters is 1. The van der Waals surface area contributed by atoms with Crippen molar-refractivity contribution in [1.29, 1.82) is 0 Å². The van der Waals surface area contributed by atoms with Crippen LogP contribution >= 0.6 is 0 Å². The van der Waals surface area contributed by atoms with Gasteiger partial charge in [0.2, 0.25) is 5.91 Å². The normalized spacial score (nSPS) is 45.7. The minimum absolute atomic E-state index is 0.0236. The van der Waals surface area contributed by atoms with Crippen molar-refractivity contribution < 1.29 is 71.9 Å². The first-order chi connectivity index (χ1) is 33.5. The second-order valence-corrected chi connectivity index (χ2v) is 20.9. The van der Waals surface area contributed by atoms with E-state index in [-0.39, 0.29) is 48.9 Å². The lowest BCUT2D eigenvalue weighted by molar-refractivity contribution is -0.305. The first-order valence-electron chi connectivity index (χ1n) is 25.7. The number of carbonyl (C=O) groups is 2. The highest BCUT2D eigenvalue weighted by Gasteiger charge is 2.60. The molecule has 1 aliphatic carbocycles. The molecule has 0 aromatic heterocycles. The number of aliphatic hydroxyl groups excluding tert-OH is 1. The van der Waals surface area contributed by atoms with E-state index in [1.807, 2.05) is 39.0 Å². The molecule has 16 heteroatoms. The largest absolute Gasteiger partial charge is 0.462 e. The molecule has 1 amide bonds. The van der Waals surface area contributed by atoms with Crippen LogP contribution in [0.1, 0.15) is 93.9 Å². The first kappa shape index (κ1) is 53.2. The van der Waals surface area contributed by atoms with Crippen molar-refractivity contribution >= 4 is 11.9 Å². The maximum absolute atomic E-state index is 14.4. The Kier molecular flexibility index (Phi) is 17.2. The van der Waals surface area contributed by atoms with Crippen LogP contribution in [0.2, 0.25) is 0 Å². The number of hydrogen-bond donors (Lipinski definition) is 2. The number of amides is 1. The van der Waals surface area contributed by atoms with Crippen molar-refractivity contribution in [2.75, 3.05) is 47.1 Å². The molecule has 8 aliphatic rings. The summed E-state index contributed by atoms with van der Waals surface area (Å²) in [5, 5.41) is 23.8. The number of ether oxygens (including phenoxy) is 11. The predicted molar refractivity (Wildman–Crippen MR) is 257 cm³/mol. The van der Waals surface area contributed by atoms with Gasteiger partial charge in [-0.05, 0) is 68.4 Å². The van der Waals surface area contributed by atoms with Crippen LogP contribution in [0.4, 0.5) is 0 Å². The molecule has 2 bridgehead atoms. The van der Waals surface area contributed by atoms with E-state index in [4.69, 9.17) is 52.1 Å². The summed E-state index contributed by atoms with van der Waals surface area (Å²) in [4.78, 5) is 29.4. The molecule has 0 aromatic carbocycles. The Bertz CT molecular complexity index is 2040. The molecule has 19 atom stereocenters. The summed E-state index contributed by atoms with van der Waals surface area (Å²) in [5.74, 6) is -2.71. The van der Waals surface area contributed by atoms with E-state index in [1.54, 1.807) is 44.3 Å². The molecule has 0 radical (unpaired) electrons. The number of aliphatic hydroxyl groups is 2. The summed E-state index contributed by atoms with van der Waals surface area (Å²) >= 11 is 0. The Labute approximate surface area is 414 Å². The summed E-state index contributed by atoms with van der Waals surface area (Å²) in [5.41, 5.74) is 0.871. The van der Waals surface area contributed by atoms with Gasteiger partial charge in [-0.15, -0.1) is 0 Å². The predicted octanol–water partition coefficient (Wildman–Crippen LogP) is 5.80. The quantitative estimate of drug-likeness (QED) is 0.161. The summed E-state index contributed by atoms with van der Waals surface area (Å²) in [6.45, 7) is 18.3. The molecular formula is C54H79NO15. The molecule has 5 fully saturated rings. The zero-order valence-electron chi connectivity index (χ0n) is 42.9. The van der Waals surface area contributed by atoms with E-state index in [1.165, 1.54) is 0 Å². The van der Waals surface area contributed by atoms with Gasteiger partial charge in [-0.3, -0.25) is 9.59 Å². The number of methoxy groups -OCH3 is 2. The molecular weight excluding hydrogens is 903 g/mol. The van der Waals surface area contributed by atoms with Crippen molar-refractivity contribution in [1.82, 2.24) is 4.90 Å². The lowest BCUT2D eigenvalue weighted by Gasteiger charge is -2.48. The van der Waals surface area contributed by atoms with Crippen molar-refractivity contribution in [3.63, 3.8) is 0 Å². The van der Waals surface area contributed by atoms with E-state index >= 15 is 0 Å². The summed E-state index contributed by atoms with van der Waals surface area (Å²) < 4.78 is 70.4. The molecule has 19 unspecified atom stereocenters. The highest BCUT2D eigenvalue weighted by atomic mass is 16.7. The van der Waals surface area contributed by atoms with Crippen LogP contribution in [0, 0.1) is 23.7 Å². The fourth-order valence-electron chi connectivity index (χ4n) is 11.7.